The number of carbonyl (C=O) groups is 1. The van der Waals surface area contributed by atoms with Gasteiger partial charge in [-0.05, 0) is 44.9 Å². The predicted molar refractivity (Wildman–Crippen MR) is 107 cm³/mol. The third-order valence-electron chi connectivity index (χ3n) is 4.56. The van der Waals surface area contributed by atoms with Crippen LogP contribution in [0.5, 0.6) is 5.75 Å². The molecule has 0 bridgehead atoms. The fourth-order valence-electron chi connectivity index (χ4n) is 3.31. The van der Waals surface area contributed by atoms with Crippen molar-refractivity contribution in [3.8, 4) is 16.9 Å². The molecule has 3 aromatic rings. The van der Waals surface area contributed by atoms with Crippen LogP contribution in [0.1, 0.15) is 31.2 Å². The van der Waals surface area contributed by atoms with Crippen LogP contribution in [0.25, 0.3) is 21.3 Å². The minimum Gasteiger partial charge on any atom is -0.507 e. The van der Waals surface area contributed by atoms with E-state index in [-0.39, 0.29) is 11.8 Å². The highest BCUT2D eigenvalue weighted by Gasteiger charge is 2.28. The molecular formula is C21H22N2O3S. The number of thiophene rings is 1. The first-order chi connectivity index (χ1) is 12.8. The van der Waals surface area contributed by atoms with Crippen LogP contribution in [0.4, 0.5) is 4.79 Å². The van der Waals surface area contributed by atoms with Gasteiger partial charge in [-0.3, -0.25) is 0 Å². The summed E-state index contributed by atoms with van der Waals surface area (Å²) in [6.45, 7) is 6.81. The molecule has 1 aromatic carbocycles. The summed E-state index contributed by atoms with van der Waals surface area (Å²) >= 11 is 1.68. The van der Waals surface area contributed by atoms with Gasteiger partial charge in [0.2, 0.25) is 0 Å². The summed E-state index contributed by atoms with van der Waals surface area (Å²) in [7, 11) is 0. The highest BCUT2D eigenvalue weighted by molar-refractivity contribution is 7.18. The normalized spacial score (nSPS) is 14.3. The third kappa shape index (κ3) is 3.49. The second-order valence-corrected chi connectivity index (χ2v) is 8.83. The molecule has 0 atom stereocenters. The number of rotatable bonds is 1. The molecule has 0 saturated heterocycles. The lowest BCUT2D eigenvalue weighted by Crippen LogP contribution is -2.39. The molecule has 6 heteroatoms. The minimum absolute atomic E-state index is 0.234. The first-order valence-corrected chi connectivity index (χ1v) is 9.80. The van der Waals surface area contributed by atoms with Crippen LogP contribution in [0.15, 0.2) is 36.5 Å². The van der Waals surface area contributed by atoms with Crippen molar-refractivity contribution in [2.45, 2.75) is 39.3 Å². The van der Waals surface area contributed by atoms with Gasteiger partial charge in [0, 0.05) is 34.1 Å². The molecule has 1 N–H and O–H groups in total. The molecule has 0 fully saturated rings. The quantitative estimate of drug-likeness (QED) is 0.646. The summed E-state index contributed by atoms with van der Waals surface area (Å²) in [5.74, 6) is 0.234. The number of carbonyl (C=O) groups excluding carboxylic acids is 1. The number of para-hydroxylation sites is 1. The maximum Gasteiger partial charge on any atom is 0.410 e. The van der Waals surface area contributed by atoms with Crippen LogP contribution >= 0.6 is 11.3 Å². The lowest BCUT2D eigenvalue weighted by atomic mass is 10.0. The Labute approximate surface area is 162 Å². The molecular weight excluding hydrogens is 360 g/mol. The van der Waals surface area contributed by atoms with Gasteiger partial charge in [0.25, 0.3) is 0 Å². The molecule has 1 amide bonds. The number of phenols is 1. The first kappa shape index (κ1) is 17.8. The van der Waals surface area contributed by atoms with Gasteiger partial charge in [0.1, 0.15) is 16.2 Å². The van der Waals surface area contributed by atoms with Crippen molar-refractivity contribution >= 4 is 27.6 Å². The third-order valence-corrected chi connectivity index (χ3v) is 5.77. The Bertz CT molecular complexity index is 1020. The molecule has 5 nitrogen and oxygen atoms in total. The highest BCUT2D eigenvalue weighted by Crippen LogP contribution is 2.37. The monoisotopic (exact) mass is 382 g/mol. The average molecular weight is 382 g/mol. The maximum atomic E-state index is 12.5. The molecule has 1 aliphatic rings. The number of benzene rings is 1. The van der Waals surface area contributed by atoms with Crippen LogP contribution in [0, 0.1) is 0 Å². The van der Waals surface area contributed by atoms with Crippen LogP contribution in [-0.4, -0.2) is 33.2 Å². The van der Waals surface area contributed by atoms with Gasteiger partial charge in [-0.25, -0.2) is 9.78 Å². The number of amides is 1. The van der Waals surface area contributed by atoms with Crippen LogP contribution < -0.4 is 0 Å². The van der Waals surface area contributed by atoms with Crippen molar-refractivity contribution in [2.75, 3.05) is 6.54 Å². The largest absolute Gasteiger partial charge is 0.507 e. The standard InChI is InChI=1S/C21H22N2O3S/c1-21(2,3)26-20(25)23-9-8-18-16(12-23)15-10-13(11-22-19(15)27-18)14-6-4-5-7-17(14)24/h4-7,10-11,24H,8-9,12H2,1-3H3. The molecule has 0 saturated carbocycles. The van der Waals surface area contributed by atoms with E-state index in [9.17, 15) is 9.90 Å². The number of hydrogen-bond acceptors (Lipinski definition) is 5. The summed E-state index contributed by atoms with van der Waals surface area (Å²) in [5, 5.41) is 11.2. The van der Waals surface area contributed by atoms with Gasteiger partial charge in [-0.2, -0.15) is 0 Å². The molecule has 27 heavy (non-hydrogen) atoms. The average Bonchev–Trinajstić information content (AvgIpc) is 2.97. The number of hydrogen-bond donors (Lipinski definition) is 1. The van der Waals surface area contributed by atoms with Crippen LogP contribution in [-0.2, 0) is 17.7 Å². The number of fused-ring (bicyclic) bond motifs is 3. The first-order valence-electron chi connectivity index (χ1n) is 8.98. The summed E-state index contributed by atoms with van der Waals surface area (Å²) in [4.78, 5) is 21.1. The number of aromatic hydroxyl groups is 1. The Morgan fingerprint density at radius 1 is 1.30 bits per heavy atom. The van der Waals surface area contributed by atoms with Gasteiger partial charge in [-0.15, -0.1) is 11.3 Å². The summed E-state index contributed by atoms with van der Waals surface area (Å²) in [6.07, 6.45) is 2.32. The second-order valence-electron chi connectivity index (χ2n) is 7.75. The zero-order chi connectivity index (χ0) is 19.2. The van der Waals surface area contributed by atoms with E-state index in [1.807, 2.05) is 32.9 Å². The van der Waals surface area contributed by atoms with Gasteiger partial charge >= 0.3 is 6.09 Å². The van der Waals surface area contributed by atoms with E-state index >= 15 is 0 Å². The summed E-state index contributed by atoms with van der Waals surface area (Å²) in [5.41, 5.74) is 2.26. The smallest absolute Gasteiger partial charge is 0.410 e. The van der Waals surface area contributed by atoms with Gasteiger partial charge in [0.05, 0.1) is 6.54 Å². The minimum atomic E-state index is -0.506. The Kier molecular flexibility index (Phi) is 4.30. The van der Waals surface area contributed by atoms with E-state index in [0.717, 1.165) is 33.3 Å². The molecule has 3 heterocycles. The Morgan fingerprint density at radius 2 is 2.07 bits per heavy atom. The van der Waals surface area contributed by atoms with Gasteiger partial charge in [0.15, 0.2) is 0 Å². The zero-order valence-electron chi connectivity index (χ0n) is 15.7. The lowest BCUT2D eigenvalue weighted by Gasteiger charge is -2.30. The van der Waals surface area contributed by atoms with E-state index in [0.29, 0.717) is 13.1 Å². The second kappa shape index (κ2) is 6.53. The molecule has 140 valence electrons. The van der Waals surface area contributed by atoms with Crippen molar-refractivity contribution in [1.29, 1.82) is 0 Å². The van der Waals surface area contributed by atoms with E-state index in [1.54, 1.807) is 34.6 Å². The van der Waals surface area contributed by atoms with Crippen molar-refractivity contribution in [3.63, 3.8) is 0 Å². The van der Waals surface area contributed by atoms with Crippen molar-refractivity contribution in [3.05, 3.63) is 47.0 Å². The van der Waals surface area contributed by atoms with Gasteiger partial charge < -0.3 is 14.7 Å². The number of pyridine rings is 1. The number of phenolic OH excluding ortho intramolecular Hbond substituents is 1. The van der Waals surface area contributed by atoms with Crippen molar-refractivity contribution in [1.82, 2.24) is 9.88 Å². The molecule has 1 aliphatic heterocycles. The zero-order valence-corrected chi connectivity index (χ0v) is 16.5. The highest BCUT2D eigenvalue weighted by atomic mass is 32.1. The van der Waals surface area contributed by atoms with Crippen LogP contribution in [0.3, 0.4) is 0 Å². The van der Waals surface area contributed by atoms with E-state index < -0.39 is 5.60 Å². The topological polar surface area (TPSA) is 62.7 Å². The van der Waals surface area contributed by atoms with Crippen molar-refractivity contribution in [2.24, 2.45) is 0 Å². The number of ether oxygens (including phenoxy) is 1. The Morgan fingerprint density at radius 3 is 2.81 bits per heavy atom. The fourth-order valence-corrected chi connectivity index (χ4v) is 4.43. The molecule has 0 aliphatic carbocycles. The Balaban J connectivity index is 1.70. The van der Waals surface area contributed by atoms with Crippen molar-refractivity contribution < 1.29 is 14.6 Å². The van der Waals surface area contributed by atoms with E-state index in [2.05, 4.69) is 11.1 Å². The molecule has 0 radical (unpaired) electrons. The van der Waals surface area contributed by atoms with Crippen LogP contribution in [0.2, 0.25) is 0 Å². The van der Waals surface area contributed by atoms with Gasteiger partial charge in [-0.1, -0.05) is 18.2 Å². The fraction of sp³-hybridized carbons (Fsp3) is 0.333. The summed E-state index contributed by atoms with van der Waals surface area (Å²) < 4.78 is 5.53. The maximum absolute atomic E-state index is 12.5. The Hall–Kier alpha value is -2.60. The molecule has 0 unspecified atom stereocenters. The predicted octanol–water partition coefficient (Wildman–Crippen LogP) is 4.96. The van der Waals surface area contributed by atoms with E-state index in [1.165, 1.54) is 4.88 Å². The lowest BCUT2D eigenvalue weighted by molar-refractivity contribution is 0.0226. The molecule has 4 rings (SSSR count). The van der Waals surface area contributed by atoms with E-state index in [4.69, 9.17) is 4.74 Å². The molecule has 0 spiro atoms. The number of nitrogens with zero attached hydrogens (tertiary/aromatic N) is 2. The summed E-state index contributed by atoms with van der Waals surface area (Å²) in [6, 6.07) is 9.31. The molecule has 2 aromatic heterocycles. The SMILES string of the molecule is CC(C)(C)OC(=O)N1CCc2sc3ncc(-c4ccccc4O)cc3c2C1. The number of aromatic nitrogens is 1.